The Morgan fingerprint density at radius 2 is 0.346 bits per heavy atom. The Hall–Kier alpha value is -5.61. The van der Waals surface area contributed by atoms with Gasteiger partial charge in [-0.2, -0.15) is 0 Å². The predicted molar refractivity (Wildman–Crippen MR) is 521 cm³/mol. The van der Waals surface area contributed by atoms with Crippen LogP contribution in [-0.4, -0.2) is 35.8 Å². The van der Waals surface area contributed by atoms with Crippen LogP contribution in [0.3, 0.4) is 0 Å². The summed E-state index contributed by atoms with van der Waals surface area (Å²) in [6.45, 7) is 53.0. The zero-order valence-electron chi connectivity index (χ0n) is 87.1. The van der Waals surface area contributed by atoms with Crippen LogP contribution in [0.1, 0.15) is 397 Å². The number of rotatable bonds is 12. The van der Waals surface area contributed by atoms with Crippen molar-refractivity contribution in [2.45, 2.75) is 397 Å². The van der Waals surface area contributed by atoms with Gasteiger partial charge < -0.3 is 59.4 Å². The average Bonchev–Trinajstić information content (AvgIpc) is 0.750. The summed E-state index contributed by atoms with van der Waals surface area (Å²) in [5.41, 5.74) is 15.0. The molecule has 6 fully saturated rings. The van der Waals surface area contributed by atoms with Crippen LogP contribution in [0.25, 0.3) is 0 Å². The van der Waals surface area contributed by atoms with Crippen LogP contribution < -0.4 is 30.6 Å². The van der Waals surface area contributed by atoms with E-state index in [0.29, 0.717) is 71.0 Å². The molecule has 0 amide bonds. The van der Waals surface area contributed by atoms with Crippen molar-refractivity contribution in [1.82, 2.24) is 0 Å². The summed E-state index contributed by atoms with van der Waals surface area (Å²) in [4.78, 5) is 71.0. The summed E-state index contributed by atoms with van der Waals surface area (Å²) >= 11 is 0. The Bertz CT molecular complexity index is 4020. The second-order valence-electron chi connectivity index (χ2n) is 51.1. The van der Waals surface area contributed by atoms with Crippen LogP contribution in [0, 0.1) is 172 Å². The minimum absolute atomic E-state index is 0. The van der Waals surface area contributed by atoms with E-state index in [1.165, 1.54) is 110 Å². The molecule has 732 valence electrons. The molecule has 0 heterocycles. The molecule has 18 aliphatic carbocycles. The molecule has 0 aliphatic heterocycles. The number of carbonyl (C=O) groups excluding carboxylic acids is 6. The molecular formula is C120H174MoO12. The Kier molecular flexibility index (Phi) is 32.1. The van der Waals surface area contributed by atoms with Gasteiger partial charge in [-0.3, -0.25) is 0 Å². The fraction of sp³-hybridized carbons (Fsp3) is 0.750. The summed E-state index contributed by atoms with van der Waals surface area (Å²) in [7, 11) is 0. The molecule has 0 aromatic rings. The van der Waals surface area contributed by atoms with Crippen molar-refractivity contribution in [3.63, 3.8) is 0 Å². The van der Waals surface area contributed by atoms with Crippen LogP contribution in [0.5, 0.6) is 0 Å². The van der Waals surface area contributed by atoms with Crippen LogP contribution >= 0.6 is 0 Å². The molecule has 6 unspecified atom stereocenters. The molecule has 12 nitrogen and oxygen atoms in total. The van der Waals surface area contributed by atoms with E-state index in [1.807, 2.05) is 41.5 Å². The second kappa shape index (κ2) is 40.2. The smallest absolute Gasteiger partial charge is 0.550 e. The van der Waals surface area contributed by atoms with Crippen molar-refractivity contribution in [3.8, 4) is 0 Å². The van der Waals surface area contributed by atoms with Crippen molar-refractivity contribution in [2.24, 2.45) is 172 Å². The summed E-state index contributed by atoms with van der Waals surface area (Å²) in [6.07, 6.45) is 65.8. The molecule has 0 spiro atoms. The van der Waals surface area contributed by atoms with Crippen molar-refractivity contribution < 1.29 is 80.5 Å². The predicted octanol–water partition coefficient (Wildman–Crippen LogP) is 23.2. The quantitative estimate of drug-likeness (QED) is 0.166. The van der Waals surface area contributed by atoms with E-state index >= 15 is 0 Å². The van der Waals surface area contributed by atoms with E-state index in [0.717, 1.165) is 154 Å². The molecule has 13 heteroatoms. The zero-order chi connectivity index (χ0) is 96.7. The third-order valence-corrected chi connectivity index (χ3v) is 42.3. The monoisotopic (exact) mass is 1910 g/mol. The third-order valence-electron chi connectivity index (χ3n) is 42.3. The topological polar surface area (TPSA) is 241 Å². The number of carboxylic acid groups (broad SMARTS) is 6. The first kappa shape index (κ1) is 106. The molecule has 0 aromatic carbocycles. The van der Waals surface area contributed by atoms with Gasteiger partial charge in [0.05, 0.1) is 0 Å². The minimum atomic E-state index is -0.838. The molecule has 18 rings (SSSR count). The van der Waals surface area contributed by atoms with E-state index in [9.17, 15) is 59.4 Å². The SMILES string of the molecule is CC(C)C1=CC2=CCC3[C@](C)(C(=O)[O-])CCC[C@]3(C)[C@H]2CC1.CC(C)C1=CC2=CCC3[C@](C)(C(=O)[O-])CCC[C@]3(C)[C@H]2CC1.CC(C)C1=CC2=CCC3[C@](C)(C(=O)[O-])CCC[C@]3(C)[C@H]2CC1.CC(C)C1=CC2=CCC3[C@](C)(C(=O)[O-])CCC[C@]3(C)[C@H]2CC1.CC(C)C1=CC2=CCC3[C@](C)(C(=O)[O-])CCC[C@]3(C)[C@H]2CC1.CC(C)C1=CC2=CCC3[C@](C)(C(=O)[O-])CCC[C@]3(C)[C@H]2CC1.[Mo+6]. The Balaban J connectivity index is 0.000000144. The number of carboxylic acids is 6. The second-order valence-corrected chi connectivity index (χ2v) is 51.1. The van der Waals surface area contributed by atoms with Gasteiger partial charge in [0.15, 0.2) is 0 Å². The maximum Gasteiger partial charge on any atom is 6.00 e. The third kappa shape index (κ3) is 19.3. The van der Waals surface area contributed by atoms with Crippen LogP contribution in [0.4, 0.5) is 0 Å². The number of hydrogen-bond acceptors (Lipinski definition) is 12. The molecule has 133 heavy (non-hydrogen) atoms. The van der Waals surface area contributed by atoms with Crippen molar-refractivity contribution in [3.05, 3.63) is 140 Å². The standard InChI is InChI=1S/6C20H30O2.Mo/c6*1-13(2)14-6-8-16-15(12-14)7-9-17-19(16,3)10-5-11-20(17,4)18(21)22;/h6*7,12-13,16-17H,5-6,8-11H2,1-4H3,(H,21,22);/q;;;;;;+6/p-6/t6*16-,17?,19+,20+;/m000000./s1. The number of hydrogen-bond donors (Lipinski definition) is 0. The van der Waals surface area contributed by atoms with Gasteiger partial charge in [-0.25, -0.2) is 0 Å². The van der Waals surface area contributed by atoms with Crippen LogP contribution in [0.2, 0.25) is 0 Å². The molecule has 6 saturated carbocycles. The molecule has 0 saturated heterocycles. The fourth-order valence-electron chi connectivity index (χ4n) is 33.5. The van der Waals surface area contributed by atoms with Gasteiger partial charge in [0.1, 0.15) is 0 Å². The summed E-state index contributed by atoms with van der Waals surface area (Å²) in [6, 6.07) is 0. The Labute approximate surface area is 819 Å². The normalized spacial score (nSPS) is 41.0. The maximum atomic E-state index is 11.8. The molecule has 0 bridgehead atoms. The van der Waals surface area contributed by atoms with Gasteiger partial charge in [-0.1, -0.05) is 311 Å². The molecule has 18 aliphatic rings. The van der Waals surface area contributed by atoms with E-state index in [4.69, 9.17) is 0 Å². The van der Waals surface area contributed by atoms with E-state index in [1.54, 1.807) is 33.4 Å². The first-order chi connectivity index (χ1) is 61.7. The van der Waals surface area contributed by atoms with E-state index in [2.05, 4.69) is 198 Å². The van der Waals surface area contributed by atoms with Gasteiger partial charge in [0, 0.05) is 68.3 Å². The van der Waals surface area contributed by atoms with Crippen molar-refractivity contribution in [1.29, 1.82) is 0 Å². The number of aliphatic carboxylic acids is 6. The maximum absolute atomic E-state index is 11.8. The molecule has 0 aromatic heterocycles. The van der Waals surface area contributed by atoms with E-state index < -0.39 is 68.3 Å². The summed E-state index contributed by atoms with van der Waals surface area (Å²) in [5.74, 6) is 3.23. The van der Waals surface area contributed by atoms with Crippen molar-refractivity contribution >= 4 is 35.8 Å². The van der Waals surface area contributed by atoms with Gasteiger partial charge >= 0.3 is 21.1 Å². The molecule has 0 radical (unpaired) electrons. The fourth-order valence-corrected chi connectivity index (χ4v) is 33.5. The van der Waals surface area contributed by atoms with E-state index in [-0.39, 0.29) is 89.1 Å². The van der Waals surface area contributed by atoms with Crippen LogP contribution in [-0.2, 0) is 49.8 Å². The first-order valence-corrected chi connectivity index (χ1v) is 53.4. The summed E-state index contributed by atoms with van der Waals surface area (Å²) < 4.78 is 0. The summed E-state index contributed by atoms with van der Waals surface area (Å²) in [5, 5.41) is 71.0. The van der Waals surface area contributed by atoms with Gasteiger partial charge in [-0.15, -0.1) is 0 Å². The number of fused-ring (bicyclic) bond motifs is 18. The molecule has 0 N–H and O–H groups in total. The Morgan fingerprint density at radius 1 is 0.226 bits per heavy atom. The first-order valence-electron chi connectivity index (χ1n) is 53.4. The molecule has 24 atom stereocenters. The van der Waals surface area contributed by atoms with Gasteiger partial charge in [0.2, 0.25) is 0 Å². The van der Waals surface area contributed by atoms with Gasteiger partial charge in [-0.05, 0) is 365 Å². The van der Waals surface area contributed by atoms with Crippen LogP contribution in [0.15, 0.2) is 140 Å². The average molecular weight is 1900 g/mol. The van der Waals surface area contributed by atoms with Crippen molar-refractivity contribution in [2.75, 3.05) is 0 Å². The molecular weight excluding hydrogens is 1730 g/mol. The number of carbonyl (C=O) groups is 6. The number of allylic oxidation sites excluding steroid dienone is 24. The minimum Gasteiger partial charge on any atom is -0.550 e. The Morgan fingerprint density at radius 3 is 0.451 bits per heavy atom. The zero-order valence-corrected chi connectivity index (χ0v) is 89.1. The largest absolute Gasteiger partial charge is 6.00 e. The van der Waals surface area contributed by atoms with Gasteiger partial charge in [0.25, 0.3) is 0 Å².